The smallest absolute Gasteiger partial charge is 0.257 e. The molecule has 47 heavy (non-hydrogen) atoms. The molecule has 2 bridgehead atoms. The van der Waals surface area contributed by atoms with Gasteiger partial charge in [0.1, 0.15) is 16.9 Å². The molecule has 12 nitrogen and oxygen atoms in total. The van der Waals surface area contributed by atoms with Crippen LogP contribution in [0, 0.1) is 17.8 Å². The third-order valence-electron chi connectivity index (χ3n) is 10.7. The number of carbonyl (C=O) groups excluding carboxylic acids is 1. The molecule has 2 aliphatic carbocycles. The van der Waals surface area contributed by atoms with Gasteiger partial charge in [-0.2, -0.15) is 0 Å². The van der Waals surface area contributed by atoms with Gasteiger partial charge in [0.15, 0.2) is 11.6 Å². The number of ether oxygens (including phenoxy) is 2. The van der Waals surface area contributed by atoms with Crippen molar-refractivity contribution in [1.29, 1.82) is 0 Å². The largest absolute Gasteiger partial charge is 0.494 e. The summed E-state index contributed by atoms with van der Waals surface area (Å²) in [4.78, 5) is 37.1. The molecular weight excluding hydrogens is 594 g/mol. The Kier molecular flexibility index (Phi) is 6.63. The second-order valence-corrected chi connectivity index (χ2v) is 13.7. The van der Waals surface area contributed by atoms with Crippen LogP contribution in [0.1, 0.15) is 36.0 Å². The summed E-state index contributed by atoms with van der Waals surface area (Å²) in [6.45, 7) is 3.95. The van der Waals surface area contributed by atoms with Crippen molar-refractivity contribution in [2.75, 3.05) is 38.8 Å². The van der Waals surface area contributed by atoms with Crippen LogP contribution < -0.4 is 20.1 Å². The molecule has 2 unspecified atom stereocenters. The van der Waals surface area contributed by atoms with Gasteiger partial charge in [0, 0.05) is 80.3 Å². The van der Waals surface area contributed by atoms with E-state index >= 15 is 0 Å². The van der Waals surface area contributed by atoms with E-state index in [9.17, 15) is 4.79 Å². The van der Waals surface area contributed by atoms with Gasteiger partial charge in [-0.25, -0.2) is 19.9 Å². The number of benzene rings is 1. The zero-order valence-electron chi connectivity index (χ0n) is 26.7. The predicted octanol–water partition coefficient (Wildman–Crippen LogP) is 3.97. The number of imidazole rings is 1. The number of piperidine rings is 1. The predicted molar refractivity (Wildman–Crippen MR) is 178 cm³/mol. The molecule has 2 saturated carbocycles. The number of amides is 1. The normalized spacial score (nSPS) is 22.4. The molecule has 2 N–H and O–H groups in total. The van der Waals surface area contributed by atoms with Gasteiger partial charge >= 0.3 is 0 Å². The van der Waals surface area contributed by atoms with Crippen molar-refractivity contribution < 1.29 is 14.3 Å². The zero-order chi connectivity index (χ0) is 31.8. The lowest BCUT2D eigenvalue weighted by molar-refractivity contribution is 0.0700. The molecule has 3 atom stereocenters. The van der Waals surface area contributed by atoms with Crippen LogP contribution in [0.25, 0.3) is 33.6 Å². The van der Waals surface area contributed by atoms with Gasteiger partial charge in [0.05, 0.1) is 25.4 Å². The highest BCUT2D eigenvalue weighted by Gasteiger charge is 2.47. The van der Waals surface area contributed by atoms with E-state index in [4.69, 9.17) is 25.2 Å². The van der Waals surface area contributed by atoms with Crippen molar-refractivity contribution in [1.82, 2.24) is 34.0 Å². The maximum Gasteiger partial charge on any atom is 0.257 e. The van der Waals surface area contributed by atoms with Crippen molar-refractivity contribution >= 4 is 33.8 Å². The third-order valence-corrected chi connectivity index (χ3v) is 10.7. The lowest BCUT2D eigenvalue weighted by atomic mass is 9.99. The first-order chi connectivity index (χ1) is 23.0. The topological polar surface area (TPSA) is 129 Å². The van der Waals surface area contributed by atoms with Crippen LogP contribution in [-0.4, -0.2) is 85.8 Å². The minimum absolute atomic E-state index is 0.00329. The Labute approximate surface area is 272 Å². The van der Waals surface area contributed by atoms with Crippen LogP contribution in [0.3, 0.4) is 0 Å². The van der Waals surface area contributed by atoms with Crippen LogP contribution in [0.4, 0.5) is 5.82 Å². The molecule has 1 amide bonds. The first-order valence-corrected chi connectivity index (χ1v) is 16.7. The van der Waals surface area contributed by atoms with E-state index in [0.29, 0.717) is 41.5 Å². The van der Waals surface area contributed by atoms with Crippen molar-refractivity contribution in [3.8, 4) is 23.1 Å². The Balaban J connectivity index is 1.14. The number of fused-ring (bicyclic) bond motifs is 4. The highest BCUT2D eigenvalue weighted by Crippen LogP contribution is 2.41. The lowest BCUT2D eigenvalue weighted by Gasteiger charge is -2.40. The summed E-state index contributed by atoms with van der Waals surface area (Å²) in [5.41, 5.74) is 10.7. The molecule has 6 heterocycles. The monoisotopic (exact) mass is 633 g/mol. The Morgan fingerprint density at radius 3 is 2.49 bits per heavy atom. The van der Waals surface area contributed by atoms with Gasteiger partial charge in [-0.1, -0.05) is 0 Å². The van der Waals surface area contributed by atoms with Crippen molar-refractivity contribution in [2.24, 2.45) is 23.5 Å². The van der Waals surface area contributed by atoms with E-state index in [1.165, 1.54) is 12.8 Å². The van der Waals surface area contributed by atoms with Gasteiger partial charge < -0.3 is 34.1 Å². The number of anilines is 1. The molecule has 12 heteroatoms. The van der Waals surface area contributed by atoms with Gasteiger partial charge in [0.2, 0.25) is 0 Å². The minimum atomic E-state index is 0.00329. The molecule has 2 aliphatic heterocycles. The van der Waals surface area contributed by atoms with Crippen molar-refractivity contribution in [2.45, 2.75) is 50.9 Å². The van der Waals surface area contributed by atoms with Crippen LogP contribution in [0.15, 0.2) is 48.9 Å². The van der Waals surface area contributed by atoms with E-state index in [-0.39, 0.29) is 18.0 Å². The summed E-state index contributed by atoms with van der Waals surface area (Å²) >= 11 is 0. The van der Waals surface area contributed by atoms with Crippen LogP contribution in [0.5, 0.6) is 11.6 Å². The zero-order valence-corrected chi connectivity index (χ0v) is 26.7. The summed E-state index contributed by atoms with van der Waals surface area (Å²) in [7, 11) is 3.30. The van der Waals surface area contributed by atoms with Gasteiger partial charge in [-0.15, -0.1) is 0 Å². The third kappa shape index (κ3) is 4.63. The maximum atomic E-state index is 14.0. The second-order valence-electron chi connectivity index (χ2n) is 13.7. The van der Waals surface area contributed by atoms with E-state index in [1.54, 1.807) is 26.6 Å². The molecule has 242 valence electrons. The molecule has 4 fully saturated rings. The summed E-state index contributed by atoms with van der Waals surface area (Å²) in [5, 5.41) is 1.09. The highest BCUT2D eigenvalue weighted by atomic mass is 16.5. The fraction of sp³-hybridized carbons (Fsp3) is 0.457. The first-order valence-electron chi connectivity index (χ1n) is 16.7. The number of hydrogen-bond donors (Lipinski definition) is 1. The molecule has 0 spiro atoms. The Morgan fingerprint density at radius 1 is 0.915 bits per heavy atom. The fourth-order valence-electron chi connectivity index (χ4n) is 8.14. The number of pyridine rings is 1. The van der Waals surface area contributed by atoms with Crippen molar-refractivity contribution in [3.05, 3.63) is 54.5 Å². The highest BCUT2D eigenvalue weighted by molar-refractivity contribution is 6.00. The van der Waals surface area contributed by atoms with Crippen LogP contribution >= 0.6 is 0 Å². The van der Waals surface area contributed by atoms with Crippen LogP contribution in [-0.2, 0) is 13.1 Å². The fourth-order valence-corrected chi connectivity index (χ4v) is 8.14. The standard InChI is InChI=1S/C35H39N9O3/c1-46-28-14-24(35(45)43-19-23-7-8-26(43)29(23)36)12-25-30(28)44(18-21-15-41(16-21)33-34(47-2)39-11-10-38-33)32(40-25)27-13-22-4-3-9-37-31(22)42(27)17-20-5-6-20/h3-4,9-14,20-21,23,26,29H,5-8,15-19,36H2,1-2H3/t23?,26?,29-/m1/s1. The lowest BCUT2D eigenvalue weighted by Crippen LogP contribution is -2.49. The quantitative estimate of drug-likeness (QED) is 0.256. The summed E-state index contributed by atoms with van der Waals surface area (Å²) in [5.74, 6) is 4.15. The molecule has 2 saturated heterocycles. The molecule has 4 aliphatic rings. The number of nitrogens with two attached hydrogens (primary N) is 1. The van der Waals surface area contributed by atoms with E-state index < -0.39 is 0 Å². The van der Waals surface area contributed by atoms with E-state index in [0.717, 1.165) is 78.4 Å². The Bertz CT molecular complexity index is 2010. The molecule has 5 aromatic rings. The molecule has 1 aromatic carbocycles. The van der Waals surface area contributed by atoms with Crippen molar-refractivity contribution in [3.63, 3.8) is 0 Å². The second kappa shape index (κ2) is 10.9. The molecule has 9 rings (SSSR count). The maximum absolute atomic E-state index is 14.0. The Hall–Kier alpha value is -4.71. The van der Waals surface area contributed by atoms with E-state index in [2.05, 4.69) is 36.1 Å². The van der Waals surface area contributed by atoms with Gasteiger partial charge in [-0.3, -0.25) is 4.79 Å². The summed E-state index contributed by atoms with van der Waals surface area (Å²) < 4.78 is 16.2. The van der Waals surface area contributed by atoms with Crippen LogP contribution in [0.2, 0.25) is 0 Å². The van der Waals surface area contributed by atoms with E-state index in [1.807, 2.05) is 29.3 Å². The molecular formula is C35H39N9O3. The number of likely N-dealkylation sites (tertiary alicyclic amines) is 1. The number of rotatable bonds is 9. The summed E-state index contributed by atoms with van der Waals surface area (Å²) in [6, 6.07) is 10.3. The number of nitrogens with zero attached hydrogens (tertiary/aromatic N) is 8. The number of aromatic nitrogens is 6. The average molecular weight is 634 g/mol. The Morgan fingerprint density at radius 2 is 1.74 bits per heavy atom. The molecule has 0 radical (unpaired) electrons. The number of hydrogen-bond acceptors (Lipinski definition) is 9. The summed E-state index contributed by atoms with van der Waals surface area (Å²) in [6.07, 6.45) is 9.73. The minimum Gasteiger partial charge on any atom is -0.494 e. The SMILES string of the molecule is COc1nccnc1N1CC(Cn2c(-c3cc4cccnc4n3CC3CC3)nc3cc(C(=O)N4CC5CCC4[C@@H]5N)cc(OC)c32)C1. The average Bonchev–Trinajstić information content (AvgIpc) is 3.44. The number of methoxy groups -OCH3 is 2. The van der Waals surface area contributed by atoms with Gasteiger partial charge in [0.25, 0.3) is 11.8 Å². The molecule has 4 aromatic heterocycles. The first kappa shape index (κ1) is 28.5. The number of carbonyl (C=O) groups is 1. The van der Waals surface area contributed by atoms with Gasteiger partial charge in [-0.05, 0) is 67.9 Å².